The highest BCUT2D eigenvalue weighted by molar-refractivity contribution is 5.85. The molecule has 0 radical (unpaired) electrons. The summed E-state index contributed by atoms with van der Waals surface area (Å²) in [5.41, 5.74) is 3.08. The summed E-state index contributed by atoms with van der Waals surface area (Å²) in [6.07, 6.45) is 5.16. The van der Waals surface area contributed by atoms with Crippen molar-refractivity contribution in [3.63, 3.8) is 0 Å². The van der Waals surface area contributed by atoms with Gasteiger partial charge in [0, 0.05) is 0 Å². The normalized spacial score (nSPS) is 19.6. The Morgan fingerprint density at radius 1 is 1.09 bits per heavy atom. The fourth-order valence-corrected chi connectivity index (χ4v) is 3.09. The van der Waals surface area contributed by atoms with E-state index in [1.54, 1.807) is 0 Å². The molecule has 0 spiro atoms. The first-order chi connectivity index (χ1) is 10.0. The Labute approximate surface area is 141 Å². The molecule has 2 fully saturated rings. The lowest BCUT2D eigenvalue weighted by atomic mass is 9.82. The maximum atomic E-state index is 6.16. The van der Waals surface area contributed by atoms with Crippen LogP contribution in [0.2, 0.25) is 0 Å². The Morgan fingerprint density at radius 3 is 2.36 bits per heavy atom. The van der Waals surface area contributed by atoms with E-state index in [4.69, 9.17) is 4.74 Å². The molecule has 22 heavy (non-hydrogen) atoms. The monoisotopic (exact) mass is 323 g/mol. The average Bonchev–Trinajstić information content (AvgIpc) is 3.29. The number of benzene rings is 1. The standard InChI is InChI=1S/C19H29NO.ClH/c1-19(2,3)16-6-7-18(21-13-14-4-5-14)17(12-16)15-8-10-20-11-9-15;/h6-7,12,14-15,20H,4-5,8-11,13H2,1-3H3;1H. The molecule has 2 aliphatic rings. The molecule has 0 atom stereocenters. The van der Waals surface area contributed by atoms with Crippen LogP contribution < -0.4 is 10.1 Å². The summed E-state index contributed by atoms with van der Waals surface area (Å²) in [6, 6.07) is 6.89. The van der Waals surface area contributed by atoms with Gasteiger partial charge in [0.25, 0.3) is 0 Å². The van der Waals surface area contributed by atoms with Crippen LogP contribution in [0.1, 0.15) is 63.5 Å². The highest BCUT2D eigenvalue weighted by Crippen LogP contribution is 2.37. The van der Waals surface area contributed by atoms with Crippen molar-refractivity contribution in [3.8, 4) is 5.75 Å². The number of rotatable bonds is 4. The van der Waals surface area contributed by atoms with Crippen LogP contribution in [0, 0.1) is 5.92 Å². The number of hydrogen-bond donors (Lipinski definition) is 1. The van der Waals surface area contributed by atoms with Crippen molar-refractivity contribution >= 4 is 12.4 Å². The molecule has 1 saturated heterocycles. The highest BCUT2D eigenvalue weighted by atomic mass is 35.5. The van der Waals surface area contributed by atoms with Gasteiger partial charge in [-0.1, -0.05) is 32.9 Å². The van der Waals surface area contributed by atoms with Gasteiger partial charge in [0.1, 0.15) is 5.75 Å². The molecule has 0 aromatic heterocycles. The van der Waals surface area contributed by atoms with Gasteiger partial charge < -0.3 is 10.1 Å². The molecule has 1 aromatic rings. The maximum Gasteiger partial charge on any atom is 0.122 e. The van der Waals surface area contributed by atoms with Gasteiger partial charge in [0.15, 0.2) is 0 Å². The summed E-state index contributed by atoms with van der Waals surface area (Å²) in [6.45, 7) is 10.0. The summed E-state index contributed by atoms with van der Waals surface area (Å²) in [4.78, 5) is 0. The minimum atomic E-state index is 0. The summed E-state index contributed by atoms with van der Waals surface area (Å²) in [5.74, 6) is 2.61. The molecule has 1 aliphatic carbocycles. The largest absolute Gasteiger partial charge is 0.493 e. The fourth-order valence-electron chi connectivity index (χ4n) is 3.09. The van der Waals surface area contributed by atoms with Crippen molar-refractivity contribution in [1.82, 2.24) is 5.32 Å². The molecule has 3 rings (SSSR count). The summed E-state index contributed by atoms with van der Waals surface area (Å²) < 4.78 is 6.16. The van der Waals surface area contributed by atoms with E-state index in [1.807, 2.05) is 0 Å². The number of hydrogen-bond acceptors (Lipinski definition) is 2. The van der Waals surface area contributed by atoms with Gasteiger partial charge in [-0.3, -0.25) is 0 Å². The second-order valence-corrected chi connectivity index (χ2v) is 7.78. The minimum Gasteiger partial charge on any atom is -0.493 e. The zero-order chi connectivity index (χ0) is 14.9. The van der Waals surface area contributed by atoms with E-state index < -0.39 is 0 Å². The summed E-state index contributed by atoms with van der Waals surface area (Å²) in [7, 11) is 0. The first-order valence-corrected chi connectivity index (χ1v) is 8.52. The van der Waals surface area contributed by atoms with E-state index in [-0.39, 0.29) is 17.8 Å². The van der Waals surface area contributed by atoms with E-state index in [9.17, 15) is 0 Å². The molecule has 3 heteroatoms. The van der Waals surface area contributed by atoms with Crippen molar-refractivity contribution < 1.29 is 4.74 Å². The average molecular weight is 324 g/mol. The number of nitrogens with one attached hydrogen (secondary N) is 1. The van der Waals surface area contributed by atoms with Crippen LogP contribution in [0.5, 0.6) is 5.75 Å². The molecule has 1 N–H and O–H groups in total. The third-order valence-corrected chi connectivity index (χ3v) is 4.83. The predicted octanol–water partition coefficient (Wildman–Crippen LogP) is 4.66. The zero-order valence-electron chi connectivity index (χ0n) is 14.2. The Balaban J connectivity index is 0.00000176. The SMILES string of the molecule is CC(C)(C)c1ccc(OCC2CC2)c(C2CCNCC2)c1.Cl. The molecular weight excluding hydrogens is 294 g/mol. The third-order valence-electron chi connectivity index (χ3n) is 4.83. The van der Waals surface area contributed by atoms with Crippen LogP contribution in [0.3, 0.4) is 0 Å². The second-order valence-electron chi connectivity index (χ2n) is 7.78. The lowest BCUT2D eigenvalue weighted by Gasteiger charge is -2.28. The Hall–Kier alpha value is -0.730. The quantitative estimate of drug-likeness (QED) is 0.870. The summed E-state index contributed by atoms with van der Waals surface area (Å²) in [5, 5.41) is 3.47. The van der Waals surface area contributed by atoms with Crippen molar-refractivity contribution in [1.29, 1.82) is 0 Å². The topological polar surface area (TPSA) is 21.3 Å². The third kappa shape index (κ3) is 4.39. The molecular formula is C19H30ClNO. The minimum absolute atomic E-state index is 0. The van der Waals surface area contributed by atoms with Crippen LogP contribution in [-0.4, -0.2) is 19.7 Å². The van der Waals surface area contributed by atoms with Gasteiger partial charge in [-0.2, -0.15) is 0 Å². The van der Waals surface area contributed by atoms with Gasteiger partial charge in [0.2, 0.25) is 0 Å². The zero-order valence-corrected chi connectivity index (χ0v) is 15.0. The lowest BCUT2D eigenvalue weighted by Crippen LogP contribution is -2.27. The molecule has 1 saturated carbocycles. The second kappa shape index (κ2) is 7.23. The van der Waals surface area contributed by atoms with Gasteiger partial charge in [0.05, 0.1) is 6.61 Å². The van der Waals surface area contributed by atoms with E-state index >= 15 is 0 Å². The number of ether oxygens (including phenoxy) is 1. The number of halogens is 1. The van der Waals surface area contributed by atoms with Gasteiger partial charge in [-0.25, -0.2) is 0 Å². The molecule has 0 bridgehead atoms. The van der Waals surface area contributed by atoms with E-state index in [1.165, 1.54) is 36.8 Å². The van der Waals surface area contributed by atoms with Crippen LogP contribution in [0.15, 0.2) is 18.2 Å². The van der Waals surface area contributed by atoms with Crippen molar-refractivity contribution in [2.24, 2.45) is 5.92 Å². The Morgan fingerprint density at radius 2 is 1.77 bits per heavy atom. The Bertz CT molecular complexity index is 485. The van der Waals surface area contributed by atoms with Crippen LogP contribution >= 0.6 is 12.4 Å². The van der Waals surface area contributed by atoms with Crippen molar-refractivity contribution in [2.45, 2.75) is 57.8 Å². The molecule has 1 heterocycles. The smallest absolute Gasteiger partial charge is 0.122 e. The first kappa shape index (κ1) is 17.6. The molecule has 1 aliphatic heterocycles. The highest BCUT2D eigenvalue weighted by Gasteiger charge is 2.25. The van der Waals surface area contributed by atoms with Crippen molar-refractivity contribution in [3.05, 3.63) is 29.3 Å². The van der Waals surface area contributed by atoms with Gasteiger partial charge in [-0.05, 0) is 73.2 Å². The summed E-state index contributed by atoms with van der Waals surface area (Å²) >= 11 is 0. The van der Waals surface area contributed by atoms with E-state index in [2.05, 4.69) is 44.3 Å². The lowest BCUT2D eigenvalue weighted by molar-refractivity contribution is 0.292. The molecule has 0 unspecified atom stereocenters. The Kier molecular flexibility index (Phi) is 5.79. The number of piperidine rings is 1. The maximum absolute atomic E-state index is 6.16. The fraction of sp³-hybridized carbons (Fsp3) is 0.684. The van der Waals surface area contributed by atoms with Crippen molar-refractivity contribution in [2.75, 3.05) is 19.7 Å². The molecule has 0 amide bonds. The van der Waals surface area contributed by atoms with Gasteiger partial charge in [-0.15, -0.1) is 12.4 Å². The van der Waals surface area contributed by atoms with Gasteiger partial charge >= 0.3 is 0 Å². The van der Waals surface area contributed by atoms with Crippen LogP contribution in [0.4, 0.5) is 0 Å². The van der Waals surface area contributed by atoms with E-state index in [0.29, 0.717) is 5.92 Å². The predicted molar refractivity (Wildman–Crippen MR) is 95.5 cm³/mol. The van der Waals surface area contributed by atoms with Crippen LogP contribution in [0.25, 0.3) is 0 Å². The first-order valence-electron chi connectivity index (χ1n) is 8.52. The van der Waals surface area contributed by atoms with E-state index in [0.717, 1.165) is 31.4 Å². The van der Waals surface area contributed by atoms with Crippen LogP contribution in [-0.2, 0) is 5.41 Å². The molecule has 1 aromatic carbocycles. The molecule has 2 nitrogen and oxygen atoms in total. The molecule has 124 valence electrons.